The molecule has 0 aliphatic heterocycles. The van der Waals surface area contributed by atoms with E-state index in [-0.39, 0.29) is 0 Å². The van der Waals surface area contributed by atoms with E-state index in [4.69, 9.17) is 16.6 Å². The summed E-state index contributed by atoms with van der Waals surface area (Å²) in [6, 6.07) is 17.7. The highest BCUT2D eigenvalue weighted by atomic mass is 35.5. The third-order valence-electron chi connectivity index (χ3n) is 3.48. The molecule has 1 N–H and O–H groups in total. The first-order valence-electron chi connectivity index (χ1n) is 7.70. The molecule has 1 aromatic heterocycles. The van der Waals surface area contributed by atoms with E-state index in [0.29, 0.717) is 10.8 Å². The molecule has 0 bridgehead atoms. The van der Waals surface area contributed by atoms with Gasteiger partial charge in [-0.1, -0.05) is 61.0 Å². The zero-order valence-corrected chi connectivity index (χ0v) is 13.7. The van der Waals surface area contributed by atoms with Crippen LogP contribution in [0.3, 0.4) is 0 Å². The second-order valence-electron chi connectivity index (χ2n) is 5.26. The van der Waals surface area contributed by atoms with Gasteiger partial charge in [-0.25, -0.2) is 9.97 Å². The summed E-state index contributed by atoms with van der Waals surface area (Å²) in [4.78, 5) is 9.28. The number of rotatable bonds is 5. The minimum atomic E-state index is 0.698. The molecule has 3 rings (SSSR count). The first-order valence-corrected chi connectivity index (χ1v) is 8.08. The molecule has 4 heteroatoms. The zero-order chi connectivity index (χ0) is 16.1. The second kappa shape index (κ2) is 7.25. The third kappa shape index (κ3) is 3.69. The van der Waals surface area contributed by atoms with Crippen LogP contribution in [0.5, 0.6) is 0 Å². The van der Waals surface area contributed by atoms with Crippen molar-refractivity contribution in [2.75, 3.05) is 11.9 Å². The minimum Gasteiger partial charge on any atom is -0.382 e. The molecule has 0 aliphatic rings. The van der Waals surface area contributed by atoms with Crippen LogP contribution in [0.15, 0.2) is 60.8 Å². The summed E-state index contributed by atoms with van der Waals surface area (Å²) in [5, 5.41) is 4.09. The minimum absolute atomic E-state index is 0.698. The number of aromatic nitrogens is 2. The van der Waals surface area contributed by atoms with Gasteiger partial charge in [0.1, 0.15) is 0 Å². The van der Waals surface area contributed by atoms with E-state index in [1.54, 1.807) is 0 Å². The van der Waals surface area contributed by atoms with E-state index in [1.165, 1.54) is 0 Å². The zero-order valence-electron chi connectivity index (χ0n) is 13.0. The van der Waals surface area contributed by atoms with Crippen molar-refractivity contribution >= 4 is 17.3 Å². The molecular weight excluding hydrogens is 306 g/mol. The number of hydrogen-bond acceptors (Lipinski definition) is 3. The summed E-state index contributed by atoms with van der Waals surface area (Å²) in [6.45, 7) is 3.01. The molecule has 0 atom stereocenters. The summed E-state index contributed by atoms with van der Waals surface area (Å²) in [6.07, 6.45) is 2.89. The van der Waals surface area contributed by atoms with E-state index >= 15 is 0 Å². The van der Waals surface area contributed by atoms with Gasteiger partial charge in [-0.05, 0) is 18.6 Å². The highest BCUT2D eigenvalue weighted by Gasteiger charge is 2.11. The largest absolute Gasteiger partial charge is 0.382 e. The molecule has 116 valence electrons. The Bertz CT molecular complexity index is 788. The highest BCUT2D eigenvalue weighted by molar-refractivity contribution is 6.30. The quantitative estimate of drug-likeness (QED) is 0.693. The lowest BCUT2D eigenvalue weighted by Gasteiger charge is -2.12. The molecule has 0 aliphatic carbocycles. The molecular formula is C19H18ClN3. The SMILES string of the molecule is CCCNc1cnc(-c2ccccc2)nc1-c1cccc(Cl)c1. The Kier molecular flexibility index (Phi) is 4.89. The van der Waals surface area contributed by atoms with Crippen molar-refractivity contribution in [3.05, 3.63) is 65.8 Å². The second-order valence-corrected chi connectivity index (χ2v) is 5.70. The number of nitrogens with zero attached hydrogens (tertiary/aromatic N) is 2. The first kappa shape index (κ1) is 15.5. The molecule has 3 aromatic rings. The van der Waals surface area contributed by atoms with Gasteiger partial charge in [0.15, 0.2) is 5.82 Å². The fourth-order valence-electron chi connectivity index (χ4n) is 2.35. The predicted octanol–water partition coefficient (Wildman–Crippen LogP) is 5.29. The van der Waals surface area contributed by atoms with Gasteiger partial charge >= 0.3 is 0 Å². The Morgan fingerprint density at radius 2 is 1.78 bits per heavy atom. The average Bonchev–Trinajstić information content (AvgIpc) is 2.60. The smallest absolute Gasteiger partial charge is 0.159 e. The molecule has 0 spiro atoms. The van der Waals surface area contributed by atoms with E-state index in [2.05, 4.69) is 17.2 Å². The number of benzene rings is 2. The van der Waals surface area contributed by atoms with E-state index in [1.807, 2.05) is 60.8 Å². The van der Waals surface area contributed by atoms with Crippen LogP contribution < -0.4 is 5.32 Å². The number of nitrogens with one attached hydrogen (secondary N) is 1. The maximum Gasteiger partial charge on any atom is 0.159 e. The number of halogens is 1. The average molecular weight is 324 g/mol. The third-order valence-corrected chi connectivity index (χ3v) is 3.72. The maximum absolute atomic E-state index is 6.14. The summed E-state index contributed by atoms with van der Waals surface area (Å²) >= 11 is 6.14. The van der Waals surface area contributed by atoms with Crippen LogP contribution in [0.4, 0.5) is 5.69 Å². The summed E-state index contributed by atoms with van der Waals surface area (Å²) in [5.74, 6) is 0.711. The van der Waals surface area contributed by atoms with Gasteiger partial charge in [0.2, 0.25) is 0 Å². The van der Waals surface area contributed by atoms with Crippen molar-refractivity contribution in [3.63, 3.8) is 0 Å². The summed E-state index contributed by atoms with van der Waals surface area (Å²) in [5.41, 5.74) is 3.78. The topological polar surface area (TPSA) is 37.8 Å². The maximum atomic E-state index is 6.14. The van der Waals surface area contributed by atoms with Gasteiger partial charge in [-0.15, -0.1) is 0 Å². The van der Waals surface area contributed by atoms with Crippen molar-refractivity contribution in [1.82, 2.24) is 9.97 Å². The molecule has 0 unspecified atom stereocenters. The fourth-order valence-corrected chi connectivity index (χ4v) is 2.54. The van der Waals surface area contributed by atoms with Gasteiger partial charge in [-0.2, -0.15) is 0 Å². The van der Waals surface area contributed by atoms with E-state index < -0.39 is 0 Å². The van der Waals surface area contributed by atoms with Gasteiger partial charge in [0.25, 0.3) is 0 Å². The molecule has 1 heterocycles. The van der Waals surface area contributed by atoms with Crippen molar-refractivity contribution in [1.29, 1.82) is 0 Å². The molecule has 0 fully saturated rings. The lowest BCUT2D eigenvalue weighted by Crippen LogP contribution is -2.04. The summed E-state index contributed by atoms with van der Waals surface area (Å²) < 4.78 is 0. The fraction of sp³-hybridized carbons (Fsp3) is 0.158. The Labute approximate surface area is 141 Å². The van der Waals surface area contributed by atoms with Crippen molar-refractivity contribution in [3.8, 4) is 22.6 Å². The molecule has 3 nitrogen and oxygen atoms in total. The molecule has 0 amide bonds. The highest BCUT2D eigenvalue weighted by Crippen LogP contribution is 2.29. The Morgan fingerprint density at radius 3 is 2.52 bits per heavy atom. The van der Waals surface area contributed by atoms with Crippen LogP contribution >= 0.6 is 11.6 Å². The molecule has 0 saturated carbocycles. The van der Waals surface area contributed by atoms with Crippen LogP contribution in [0.2, 0.25) is 5.02 Å². The standard InChI is InChI=1S/C19H18ClN3/c1-2-11-21-17-13-22-19(14-7-4-3-5-8-14)23-18(17)15-9-6-10-16(20)12-15/h3-10,12-13,21H,2,11H2,1H3. The van der Waals surface area contributed by atoms with Gasteiger partial charge < -0.3 is 5.32 Å². The Morgan fingerprint density at radius 1 is 1.00 bits per heavy atom. The van der Waals surface area contributed by atoms with Gasteiger partial charge in [-0.3, -0.25) is 0 Å². The Hall–Kier alpha value is -2.39. The number of hydrogen-bond donors (Lipinski definition) is 1. The molecule has 0 saturated heterocycles. The summed E-state index contributed by atoms with van der Waals surface area (Å²) in [7, 11) is 0. The molecule has 0 radical (unpaired) electrons. The van der Waals surface area contributed by atoms with Crippen LogP contribution in [0.25, 0.3) is 22.6 Å². The predicted molar refractivity (Wildman–Crippen MR) is 96.7 cm³/mol. The van der Waals surface area contributed by atoms with Crippen LogP contribution in [0.1, 0.15) is 13.3 Å². The van der Waals surface area contributed by atoms with Crippen molar-refractivity contribution in [2.45, 2.75) is 13.3 Å². The Balaban J connectivity index is 2.09. The normalized spacial score (nSPS) is 10.5. The van der Waals surface area contributed by atoms with E-state index in [0.717, 1.165) is 35.5 Å². The van der Waals surface area contributed by atoms with Gasteiger partial charge in [0.05, 0.1) is 17.6 Å². The molecule has 23 heavy (non-hydrogen) atoms. The first-order chi connectivity index (χ1) is 11.3. The van der Waals surface area contributed by atoms with Gasteiger partial charge in [0, 0.05) is 22.7 Å². The monoisotopic (exact) mass is 323 g/mol. The lowest BCUT2D eigenvalue weighted by molar-refractivity contribution is 0.974. The number of anilines is 1. The lowest BCUT2D eigenvalue weighted by atomic mass is 10.1. The molecule has 2 aromatic carbocycles. The van der Waals surface area contributed by atoms with E-state index in [9.17, 15) is 0 Å². The van der Waals surface area contributed by atoms with Crippen LogP contribution in [0, 0.1) is 0 Å². The van der Waals surface area contributed by atoms with Crippen molar-refractivity contribution < 1.29 is 0 Å². The van der Waals surface area contributed by atoms with Crippen molar-refractivity contribution in [2.24, 2.45) is 0 Å². The van der Waals surface area contributed by atoms with Crippen LogP contribution in [-0.4, -0.2) is 16.5 Å². The van der Waals surface area contributed by atoms with Crippen LogP contribution in [-0.2, 0) is 0 Å².